The second kappa shape index (κ2) is 10.9. The molecule has 0 unspecified atom stereocenters. The molecule has 0 saturated heterocycles. The number of nitrogens with zero attached hydrogens (tertiary/aromatic N) is 2. The van der Waals surface area contributed by atoms with E-state index in [0.717, 1.165) is 20.9 Å². The van der Waals surface area contributed by atoms with Gasteiger partial charge in [-0.1, -0.05) is 49.9 Å². The van der Waals surface area contributed by atoms with Crippen molar-refractivity contribution in [2.45, 2.75) is 25.0 Å². The standard InChI is InChI=1S/C29H28N4O3S2/c1-16(2)17-9-11-18(12-10-17)31-28-24(29-33-20-7-5-6-8-23(20)37-29)25(30)26(38-28)27(34)32-21-15-19(35-3)13-14-22(21)36-4/h5-16,26H,30H2,1-4H3,(H,32,34)/t26-/m1/s1. The maximum Gasteiger partial charge on any atom is 0.244 e. The number of fused-ring (bicyclic) bond motifs is 1. The molecule has 5 rings (SSSR count). The molecule has 0 spiro atoms. The second-order valence-corrected chi connectivity index (χ2v) is 11.2. The third-order valence-corrected chi connectivity index (χ3v) is 8.49. The average Bonchev–Trinajstić information content (AvgIpc) is 3.49. The fourth-order valence-corrected chi connectivity index (χ4v) is 6.34. The Labute approximate surface area is 229 Å². The molecule has 9 heteroatoms. The Bertz CT molecular complexity index is 1520. The number of thiazole rings is 1. The Hall–Kier alpha value is -3.82. The van der Waals surface area contributed by atoms with E-state index in [-0.39, 0.29) is 5.91 Å². The smallest absolute Gasteiger partial charge is 0.244 e. The molecule has 1 amide bonds. The van der Waals surface area contributed by atoms with Crippen LogP contribution in [0.25, 0.3) is 15.8 Å². The largest absolute Gasteiger partial charge is 0.497 e. The van der Waals surface area contributed by atoms with Gasteiger partial charge in [0.1, 0.15) is 26.8 Å². The molecular formula is C29H28N4O3S2. The van der Waals surface area contributed by atoms with Crippen molar-refractivity contribution in [3.63, 3.8) is 0 Å². The van der Waals surface area contributed by atoms with Crippen molar-refractivity contribution >= 4 is 61.2 Å². The molecule has 38 heavy (non-hydrogen) atoms. The lowest BCUT2D eigenvalue weighted by Gasteiger charge is -2.15. The number of thioether (sulfide) groups is 1. The highest BCUT2D eigenvalue weighted by atomic mass is 32.2. The molecule has 1 aliphatic rings. The van der Waals surface area contributed by atoms with E-state index in [1.807, 2.05) is 36.4 Å². The molecule has 2 heterocycles. The van der Waals surface area contributed by atoms with E-state index in [1.54, 1.807) is 32.4 Å². The number of amides is 1. The minimum absolute atomic E-state index is 0.280. The Morgan fingerprint density at radius 1 is 1.05 bits per heavy atom. The van der Waals surface area contributed by atoms with Crippen molar-refractivity contribution in [2.75, 3.05) is 19.5 Å². The zero-order valence-electron chi connectivity index (χ0n) is 21.5. The fraction of sp³-hybridized carbons (Fsp3) is 0.207. The van der Waals surface area contributed by atoms with Gasteiger partial charge in [-0.05, 0) is 47.9 Å². The van der Waals surface area contributed by atoms with Crippen LogP contribution < -0.4 is 20.5 Å². The van der Waals surface area contributed by atoms with Crippen LogP contribution in [0.5, 0.6) is 11.5 Å². The van der Waals surface area contributed by atoms with Crippen molar-refractivity contribution in [3.8, 4) is 11.5 Å². The van der Waals surface area contributed by atoms with Crippen molar-refractivity contribution in [1.29, 1.82) is 0 Å². The molecule has 0 fully saturated rings. The predicted octanol–water partition coefficient (Wildman–Crippen LogP) is 6.59. The number of aliphatic imine (C=N–C) groups is 1. The number of nitrogens with two attached hydrogens (primary N) is 1. The zero-order valence-corrected chi connectivity index (χ0v) is 23.2. The number of aromatic nitrogens is 1. The van der Waals surface area contributed by atoms with E-state index >= 15 is 0 Å². The number of hydrogen-bond donors (Lipinski definition) is 2. The number of hydrogen-bond acceptors (Lipinski definition) is 8. The Balaban J connectivity index is 1.54. The van der Waals surface area contributed by atoms with E-state index < -0.39 is 5.25 Å². The van der Waals surface area contributed by atoms with Gasteiger partial charge in [-0.15, -0.1) is 11.3 Å². The molecule has 1 aliphatic heterocycles. The van der Waals surface area contributed by atoms with Crippen molar-refractivity contribution < 1.29 is 14.3 Å². The van der Waals surface area contributed by atoms with E-state index in [9.17, 15) is 4.79 Å². The summed E-state index contributed by atoms with van der Waals surface area (Å²) >= 11 is 2.86. The molecule has 7 nitrogen and oxygen atoms in total. The highest BCUT2D eigenvalue weighted by Gasteiger charge is 2.37. The van der Waals surface area contributed by atoms with Crippen LogP contribution in [0, 0.1) is 0 Å². The summed E-state index contributed by atoms with van der Waals surface area (Å²) in [5.74, 6) is 1.27. The van der Waals surface area contributed by atoms with Crippen LogP contribution >= 0.6 is 23.1 Å². The number of benzene rings is 3. The summed E-state index contributed by atoms with van der Waals surface area (Å²) in [4.78, 5) is 23.3. The van der Waals surface area contributed by atoms with Crippen LogP contribution in [0.3, 0.4) is 0 Å². The first-order valence-electron chi connectivity index (χ1n) is 12.1. The molecule has 0 saturated carbocycles. The highest BCUT2D eigenvalue weighted by Crippen LogP contribution is 2.42. The summed E-state index contributed by atoms with van der Waals surface area (Å²) in [5.41, 5.74) is 11.2. The first-order valence-corrected chi connectivity index (χ1v) is 13.8. The summed E-state index contributed by atoms with van der Waals surface area (Å²) in [6.07, 6.45) is 0. The summed E-state index contributed by atoms with van der Waals surface area (Å²) in [5, 5.41) is 3.67. The topological polar surface area (TPSA) is 98.8 Å². The van der Waals surface area contributed by atoms with Gasteiger partial charge in [-0.25, -0.2) is 9.98 Å². The van der Waals surface area contributed by atoms with Gasteiger partial charge in [0.25, 0.3) is 0 Å². The molecule has 0 radical (unpaired) electrons. The van der Waals surface area contributed by atoms with Crippen LogP contribution in [-0.2, 0) is 4.79 Å². The van der Waals surface area contributed by atoms with Crippen LogP contribution in [0.1, 0.15) is 30.3 Å². The number of carbonyl (C=O) groups is 1. The quantitative estimate of drug-likeness (QED) is 0.272. The average molecular weight is 545 g/mol. The molecule has 1 aromatic heterocycles. The molecule has 0 bridgehead atoms. The summed E-state index contributed by atoms with van der Waals surface area (Å²) in [6.45, 7) is 4.31. The number of para-hydroxylation sites is 1. The number of methoxy groups -OCH3 is 2. The van der Waals surface area contributed by atoms with Crippen LogP contribution in [-0.4, -0.2) is 35.4 Å². The second-order valence-electron chi connectivity index (χ2n) is 9.03. The minimum Gasteiger partial charge on any atom is -0.497 e. The van der Waals surface area contributed by atoms with E-state index in [1.165, 1.54) is 28.7 Å². The van der Waals surface area contributed by atoms with Gasteiger partial charge in [0.05, 0.1) is 41.4 Å². The summed E-state index contributed by atoms with van der Waals surface area (Å²) < 4.78 is 11.8. The van der Waals surface area contributed by atoms with Gasteiger partial charge in [0, 0.05) is 11.8 Å². The normalized spacial score (nSPS) is 16.4. The van der Waals surface area contributed by atoms with Gasteiger partial charge in [-0.2, -0.15) is 0 Å². The molecule has 3 N–H and O–H groups in total. The molecule has 3 aromatic carbocycles. The lowest BCUT2D eigenvalue weighted by molar-refractivity contribution is -0.115. The van der Waals surface area contributed by atoms with Crippen LogP contribution in [0.15, 0.2) is 77.4 Å². The van der Waals surface area contributed by atoms with Crippen LogP contribution in [0.2, 0.25) is 0 Å². The Morgan fingerprint density at radius 2 is 1.82 bits per heavy atom. The molecule has 4 aromatic rings. The summed E-state index contributed by atoms with van der Waals surface area (Å²) in [7, 11) is 3.12. The van der Waals surface area contributed by atoms with Crippen molar-refractivity contribution in [1.82, 2.24) is 4.98 Å². The lowest BCUT2D eigenvalue weighted by Crippen LogP contribution is -2.28. The number of nitrogens with one attached hydrogen (secondary N) is 1. The molecular weight excluding hydrogens is 516 g/mol. The fourth-order valence-electron chi connectivity index (χ4n) is 4.12. The van der Waals surface area contributed by atoms with Gasteiger partial charge < -0.3 is 20.5 Å². The van der Waals surface area contributed by atoms with Crippen molar-refractivity contribution in [3.05, 3.63) is 83.0 Å². The monoisotopic (exact) mass is 544 g/mol. The van der Waals surface area contributed by atoms with Gasteiger partial charge in [-0.3, -0.25) is 4.79 Å². The lowest BCUT2D eigenvalue weighted by atomic mass is 10.0. The molecule has 194 valence electrons. The Kier molecular flexibility index (Phi) is 7.40. The van der Waals surface area contributed by atoms with E-state index in [0.29, 0.717) is 39.4 Å². The third-order valence-electron chi connectivity index (χ3n) is 6.22. The number of ether oxygens (including phenoxy) is 2. The summed E-state index contributed by atoms with van der Waals surface area (Å²) in [6, 6.07) is 21.3. The number of rotatable bonds is 7. The van der Waals surface area contributed by atoms with E-state index in [2.05, 4.69) is 31.3 Å². The van der Waals surface area contributed by atoms with Gasteiger partial charge in [0.15, 0.2) is 0 Å². The maximum absolute atomic E-state index is 13.5. The third kappa shape index (κ3) is 5.12. The number of anilines is 1. The van der Waals surface area contributed by atoms with Gasteiger partial charge >= 0.3 is 0 Å². The predicted molar refractivity (Wildman–Crippen MR) is 158 cm³/mol. The minimum atomic E-state index is -0.693. The SMILES string of the molecule is COc1ccc(OC)c(NC(=O)[C@@H]2SC(=Nc3ccc(C(C)C)cc3)C(c3nc4ccccc4s3)=C2N)c1. The molecule has 1 atom stereocenters. The van der Waals surface area contributed by atoms with Crippen molar-refractivity contribution in [2.24, 2.45) is 10.7 Å². The zero-order chi connectivity index (χ0) is 26.8. The molecule has 0 aliphatic carbocycles. The van der Waals surface area contributed by atoms with Crippen LogP contribution in [0.4, 0.5) is 11.4 Å². The van der Waals surface area contributed by atoms with E-state index in [4.69, 9.17) is 25.2 Å². The Morgan fingerprint density at radius 3 is 2.50 bits per heavy atom. The first kappa shape index (κ1) is 25.8. The first-order chi connectivity index (χ1) is 18.4. The number of carbonyl (C=O) groups excluding carboxylic acids is 1. The van der Waals surface area contributed by atoms with Gasteiger partial charge in [0.2, 0.25) is 5.91 Å². The highest BCUT2D eigenvalue weighted by molar-refractivity contribution is 8.16. The maximum atomic E-state index is 13.5.